The Kier molecular flexibility index (Phi) is 6.21. The average Bonchev–Trinajstić information content (AvgIpc) is 2.78. The molecule has 3 nitrogen and oxygen atoms in total. The van der Waals surface area contributed by atoms with Crippen LogP contribution in [0.5, 0.6) is 11.5 Å². The van der Waals surface area contributed by atoms with E-state index < -0.39 is 6.36 Å². The lowest BCUT2D eigenvalue weighted by molar-refractivity contribution is -0.274. The third kappa shape index (κ3) is 5.32. The fraction of sp³-hybridized carbons (Fsp3) is 0.154. The highest BCUT2D eigenvalue weighted by Crippen LogP contribution is 2.30. The van der Waals surface area contributed by atoms with Crippen LogP contribution in [0.25, 0.3) is 11.1 Å². The molecule has 1 heterocycles. The topological polar surface area (TPSA) is 30.5 Å². The number of hydrogen-bond acceptors (Lipinski definition) is 3. The minimum atomic E-state index is -4.70. The number of allylic oxidation sites excluding steroid dienone is 2. The molecule has 0 amide bonds. The fourth-order valence-electron chi connectivity index (χ4n) is 3.49. The Labute approximate surface area is 184 Å². The highest BCUT2D eigenvalue weighted by molar-refractivity contribution is 5.65. The van der Waals surface area contributed by atoms with Crippen LogP contribution in [0.3, 0.4) is 0 Å². The van der Waals surface area contributed by atoms with E-state index in [0.29, 0.717) is 6.61 Å². The van der Waals surface area contributed by atoms with Gasteiger partial charge in [-0.15, -0.1) is 13.2 Å². The Morgan fingerprint density at radius 3 is 2.41 bits per heavy atom. The average molecular weight is 436 g/mol. The Morgan fingerprint density at radius 2 is 1.72 bits per heavy atom. The van der Waals surface area contributed by atoms with Crippen LogP contribution in [0.2, 0.25) is 0 Å². The van der Waals surface area contributed by atoms with Gasteiger partial charge in [-0.3, -0.25) is 0 Å². The molecular formula is C26H21F3NO2. The molecule has 32 heavy (non-hydrogen) atoms. The molecule has 0 bridgehead atoms. The summed E-state index contributed by atoms with van der Waals surface area (Å²) < 4.78 is 47.1. The van der Waals surface area contributed by atoms with Crippen molar-refractivity contribution < 1.29 is 22.6 Å². The second-order valence-electron chi connectivity index (χ2n) is 7.36. The van der Waals surface area contributed by atoms with Crippen molar-refractivity contribution in [1.29, 1.82) is 0 Å². The van der Waals surface area contributed by atoms with Crippen molar-refractivity contribution in [3.63, 3.8) is 0 Å². The van der Waals surface area contributed by atoms with Gasteiger partial charge >= 0.3 is 6.36 Å². The fourth-order valence-corrected chi connectivity index (χ4v) is 3.49. The van der Waals surface area contributed by atoms with Crippen LogP contribution in [-0.4, -0.2) is 6.36 Å². The van der Waals surface area contributed by atoms with Gasteiger partial charge in [0.25, 0.3) is 0 Å². The molecule has 0 saturated heterocycles. The summed E-state index contributed by atoms with van der Waals surface area (Å²) >= 11 is 0. The number of benzene rings is 3. The van der Waals surface area contributed by atoms with Crippen molar-refractivity contribution in [1.82, 2.24) is 5.32 Å². The molecule has 1 unspecified atom stereocenters. The van der Waals surface area contributed by atoms with Gasteiger partial charge in [0.05, 0.1) is 12.2 Å². The monoisotopic (exact) mass is 436 g/mol. The summed E-state index contributed by atoms with van der Waals surface area (Å²) in [7, 11) is 0. The van der Waals surface area contributed by atoms with Gasteiger partial charge in [0.2, 0.25) is 0 Å². The van der Waals surface area contributed by atoms with Gasteiger partial charge in [-0.05, 0) is 53.5 Å². The molecular weight excluding hydrogens is 415 g/mol. The standard InChI is InChI=1S/C26H21F3NO2/c1-18-16-20(19-11-13-22(14-12-19)32-26(27,28)29)9-10-21(18)17-31-25-8-3-2-6-23(25)24-7-4-5-15-30-24/h2-14,16,24,30H,17H2,1H3. The quantitative estimate of drug-likeness (QED) is 0.469. The highest BCUT2D eigenvalue weighted by Gasteiger charge is 2.30. The van der Waals surface area contributed by atoms with Gasteiger partial charge in [-0.1, -0.05) is 60.7 Å². The predicted molar refractivity (Wildman–Crippen MR) is 117 cm³/mol. The number of nitrogens with one attached hydrogen (secondary N) is 1. The minimum absolute atomic E-state index is 0.00368. The van der Waals surface area contributed by atoms with Crippen LogP contribution < -0.4 is 14.8 Å². The van der Waals surface area contributed by atoms with Crippen LogP contribution >= 0.6 is 0 Å². The molecule has 4 rings (SSSR count). The van der Waals surface area contributed by atoms with Crippen molar-refractivity contribution >= 4 is 0 Å². The molecule has 6 heteroatoms. The van der Waals surface area contributed by atoms with Crippen molar-refractivity contribution in [2.45, 2.75) is 25.9 Å². The zero-order valence-electron chi connectivity index (χ0n) is 17.3. The second-order valence-corrected chi connectivity index (χ2v) is 7.36. The Hall–Kier alpha value is -3.67. The molecule has 0 aromatic heterocycles. The first-order valence-corrected chi connectivity index (χ1v) is 10.1. The molecule has 0 fully saturated rings. The van der Waals surface area contributed by atoms with Crippen molar-refractivity contribution in [3.05, 3.63) is 108 Å². The molecule has 1 aliphatic rings. The second kappa shape index (κ2) is 9.22. The molecule has 1 radical (unpaired) electrons. The molecule has 1 aliphatic heterocycles. The Bertz CT molecular complexity index is 1130. The summed E-state index contributed by atoms with van der Waals surface area (Å²) in [4.78, 5) is 0. The lowest BCUT2D eigenvalue weighted by atomic mass is 10.00. The van der Waals surface area contributed by atoms with Gasteiger partial charge < -0.3 is 14.8 Å². The third-order valence-electron chi connectivity index (χ3n) is 5.12. The van der Waals surface area contributed by atoms with Crippen LogP contribution in [0, 0.1) is 13.1 Å². The zero-order valence-corrected chi connectivity index (χ0v) is 17.3. The molecule has 0 saturated carbocycles. The van der Waals surface area contributed by atoms with Crippen LogP contribution in [0.15, 0.2) is 85.0 Å². The number of para-hydroxylation sites is 1. The summed E-state index contributed by atoms with van der Waals surface area (Å²) in [5.74, 6) is 0.555. The van der Waals surface area contributed by atoms with Crippen LogP contribution in [-0.2, 0) is 6.61 Å². The summed E-state index contributed by atoms with van der Waals surface area (Å²) in [5, 5.41) is 3.18. The number of halogens is 3. The van der Waals surface area contributed by atoms with E-state index in [2.05, 4.69) is 16.3 Å². The lowest BCUT2D eigenvalue weighted by Gasteiger charge is -2.20. The Morgan fingerprint density at radius 1 is 0.969 bits per heavy atom. The largest absolute Gasteiger partial charge is 0.573 e. The first-order chi connectivity index (χ1) is 15.4. The van der Waals surface area contributed by atoms with E-state index in [9.17, 15) is 13.2 Å². The number of rotatable bonds is 6. The number of dihydropyridines is 1. The Balaban J connectivity index is 1.46. The maximum atomic E-state index is 12.3. The maximum Gasteiger partial charge on any atom is 0.573 e. The van der Waals surface area contributed by atoms with Gasteiger partial charge in [0.1, 0.15) is 18.1 Å². The van der Waals surface area contributed by atoms with Gasteiger partial charge in [-0.25, -0.2) is 0 Å². The van der Waals surface area contributed by atoms with E-state index >= 15 is 0 Å². The molecule has 0 aliphatic carbocycles. The van der Waals surface area contributed by atoms with Gasteiger partial charge in [-0.2, -0.15) is 0 Å². The zero-order chi connectivity index (χ0) is 22.6. The number of hydrogen-bond donors (Lipinski definition) is 1. The number of alkyl halides is 3. The molecule has 3 aromatic rings. The van der Waals surface area contributed by atoms with Gasteiger partial charge in [0.15, 0.2) is 0 Å². The van der Waals surface area contributed by atoms with Crippen LogP contribution in [0.4, 0.5) is 13.2 Å². The normalized spacial score (nSPS) is 15.3. The first-order valence-electron chi connectivity index (χ1n) is 10.1. The lowest BCUT2D eigenvalue weighted by Crippen LogP contribution is -2.16. The van der Waals surface area contributed by atoms with Crippen LogP contribution in [0.1, 0.15) is 22.7 Å². The summed E-state index contributed by atoms with van der Waals surface area (Å²) in [6.07, 6.45) is 4.11. The smallest absolute Gasteiger partial charge is 0.489 e. The molecule has 163 valence electrons. The summed E-state index contributed by atoms with van der Waals surface area (Å²) in [6.45, 7) is 2.39. The number of ether oxygens (including phenoxy) is 2. The van der Waals surface area contributed by atoms with Crippen molar-refractivity contribution in [2.75, 3.05) is 0 Å². The van der Waals surface area contributed by atoms with E-state index in [1.807, 2.05) is 67.6 Å². The highest BCUT2D eigenvalue weighted by atomic mass is 19.4. The predicted octanol–water partition coefficient (Wildman–Crippen LogP) is 6.66. The van der Waals surface area contributed by atoms with E-state index in [0.717, 1.165) is 33.6 Å². The van der Waals surface area contributed by atoms with E-state index in [-0.39, 0.29) is 11.8 Å². The number of aryl methyl sites for hydroxylation is 1. The SMILES string of the molecule is Cc1cc(-c2ccc(OC(F)(F)F)cc2)ccc1COc1ccccc1C1C=CC=[C]N1. The van der Waals surface area contributed by atoms with E-state index in [1.165, 1.54) is 12.1 Å². The molecule has 1 N–H and O–H groups in total. The third-order valence-corrected chi connectivity index (χ3v) is 5.12. The maximum absolute atomic E-state index is 12.3. The molecule has 3 aromatic carbocycles. The van der Waals surface area contributed by atoms with Gasteiger partial charge in [0, 0.05) is 5.56 Å². The van der Waals surface area contributed by atoms with E-state index in [4.69, 9.17) is 4.74 Å². The van der Waals surface area contributed by atoms with E-state index in [1.54, 1.807) is 12.1 Å². The van der Waals surface area contributed by atoms with Crippen molar-refractivity contribution in [2.24, 2.45) is 0 Å². The first kappa shape index (κ1) is 21.6. The molecule has 0 spiro atoms. The minimum Gasteiger partial charge on any atom is -0.489 e. The summed E-state index contributed by atoms with van der Waals surface area (Å²) in [6, 6.07) is 19.6. The summed E-state index contributed by atoms with van der Waals surface area (Å²) in [5.41, 5.74) is 4.80. The molecule has 1 atom stereocenters. The van der Waals surface area contributed by atoms with Crippen molar-refractivity contribution in [3.8, 4) is 22.6 Å².